The molecule has 5 heteroatoms. The molecule has 0 spiro atoms. The number of aryl methyl sites for hydroxylation is 1. The smallest absolute Gasteiger partial charge is 0.183 e. The average molecular weight is 302 g/mol. The fraction of sp³-hybridized carbons (Fsp3) is 0.111. The van der Waals surface area contributed by atoms with Crippen LogP contribution in [0.3, 0.4) is 0 Å². The summed E-state index contributed by atoms with van der Waals surface area (Å²) in [6, 6.07) is 17.2. The van der Waals surface area contributed by atoms with Gasteiger partial charge >= 0.3 is 0 Å². The van der Waals surface area contributed by atoms with Crippen molar-refractivity contribution in [2.24, 2.45) is 0 Å². The Kier molecular flexibility index (Phi) is 3.98. The predicted octanol–water partition coefficient (Wildman–Crippen LogP) is 3.39. The number of rotatable bonds is 3. The minimum atomic E-state index is 0.251. The lowest BCUT2D eigenvalue weighted by molar-refractivity contribution is 0.415. The van der Waals surface area contributed by atoms with Crippen molar-refractivity contribution >= 4 is 0 Å². The Morgan fingerprint density at radius 1 is 0.913 bits per heavy atom. The van der Waals surface area contributed by atoms with E-state index in [-0.39, 0.29) is 5.69 Å². The number of aromatic nitrogens is 3. The maximum Gasteiger partial charge on any atom is 0.183 e. The fourth-order valence-electron chi connectivity index (χ4n) is 2.17. The number of hydrogen-bond donors (Lipinski definition) is 0. The zero-order valence-corrected chi connectivity index (χ0v) is 12.8. The number of methoxy groups -OCH3 is 1. The SMILES string of the molecule is COc1ccc(-c2nnc(-c3ccc(C)cc3)nc2C#N)cc1. The van der Waals surface area contributed by atoms with E-state index in [0.717, 1.165) is 22.4 Å². The minimum Gasteiger partial charge on any atom is -0.497 e. The molecule has 1 heterocycles. The highest BCUT2D eigenvalue weighted by molar-refractivity contribution is 5.66. The molecule has 0 aliphatic heterocycles. The summed E-state index contributed by atoms with van der Waals surface area (Å²) in [6.07, 6.45) is 0. The Hall–Kier alpha value is -3.26. The van der Waals surface area contributed by atoms with Crippen LogP contribution in [0.5, 0.6) is 5.75 Å². The highest BCUT2D eigenvalue weighted by Gasteiger charge is 2.12. The second-order valence-corrected chi connectivity index (χ2v) is 5.04. The molecule has 23 heavy (non-hydrogen) atoms. The van der Waals surface area contributed by atoms with E-state index in [1.807, 2.05) is 55.5 Å². The molecule has 112 valence electrons. The highest BCUT2D eigenvalue weighted by Crippen LogP contribution is 2.24. The van der Waals surface area contributed by atoms with Gasteiger partial charge in [0.2, 0.25) is 0 Å². The maximum atomic E-state index is 9.39. The van der Waals surface area contributed by atoms with Crippen molar-refractivity contribution in [2.45, 2.75) is 6.92 Å². The predicted molar refractivity (Wildman–Crippen MR) is 86.7 cm³/mol. The first-order valence-electron chi connectivity index (χ1n) is 7.07. The summed E-state index contributed by atoms with van der Waals surface area (Å²) in [5.41, 5.74) is 3.47. The van der Waals surface area contributed by atoms with Crippen LogP contribution in [0, 0.1) is 18.3 Å². The first-order chi connectivity index (χ1) is 11.2. The highest BCUT2D eigenvalue weighted by atomic mass is 16.5. The second-order valence-electron chi connectivity index (χ2n) is 5.04. The Balaban J connectivity index is 2.02. The van der Waals surface area contributed by atoms with Gasteiger partial charge in [0.05, 0.1) is 7.11 Å². The monoisotopic (exact) mass is 302 g/mol. The van der Waals surface area contributed by atoms with Gasteiger partial charge in [-0.15, -0.1) is 10.2 Å². The van der Waals surface area contributed by atoms with Crippen LogP contribution in [0.1, 0.15) is 11.3 Å². The number of nitrogens with zero attached hydrogens (tertiary/aromatic N) is 4. The van der Waals surface area contributed by atoms with Gasteiger partial charge in [0.25, 0.3) is 0 Å². The summed E-state index contributed by atoms with van der Waals surface area (Å²) in [7, 11) is 1.60. The molecular formula is C18H14N4O. The van der Waals surface area contributed by atoms with Gasteiger partial charge in [-0.25, -0.2) is 4.98 Å². The van der Waals surface area contributed by atoms with Crippen LogP contribution < -0.4 is 4.74 Å². The molecule has 0 aliphatic carbocycles. The molecule has 0 amide bonds. The summed E-state index contributed by atoms with van der Waals surface area (Å²) < 4.78 is 5.13. The van der Waals surface area contributed by atoms with Crippen LogP contribution in [0.4, 0.5) is 0 Å². The van der Waals surface area contributed by atoms with Gasteiger partial charge in [-0.05, 0) is 31.2 Å². The molecule has 3 aromatic rings. The third kappa shape index (κ3) is 3.01. The summed E-state index contributed by atoms with van der Waals surface area (Å²) in [6.45, 7) is 2.01. The maximum absolute atomic E-state index is 9.39. The average Bonchev–Trinajstić information content (AvgIpc) is 2.62. The van der Waals surface area contributed by atoms with Gasteiger partial charge in [0, 0.05) is 11.1 Å². The van der Waals surface area contributed by atoms with E-state index in [4.69, 9.17) is 4.74 Å². The third-order valence-electron chi connectivity index (χ3n) is 3.47. The lowest BCUT2D eigenvalue weighted by Crippen LogP contribution is -2.00. The zero-order chi connectivity index (χ0) is 16.2. The van der Waals surface area contributed by atoms with Gasteiger partial charge in [0.15, 0.2) is 11.5 Å². The Morgan fingerprint density at radius 3 is 2.17 bits per heavy atom. The molecule has 0 bridgehead atoms. The first-order valence-corrected chi connectivity index (χ1v) is 7.07. The van der Waals surface area contributed by atoms with Gasteiger partial charge in [-0.3, -0.25) is 0 Å². The number of benzene rings is 2. The van der Waals surface area contributed by atoms with Crippen molar-refractivity contribution in [1.82, 2.24) is 15.2 Å². The molecule has 0 saturated heterocycles. The number of ether oxygens (including phenoxy) is 1. The van der Waals surface area contributed by atoms with E-state index in [2.05, 4.69) is 21.3 Å². The fourth-order valence-corrected chi connectivity index (χ4v) is 2.17. The van der Waals surface area contributed by atoms with Crippen molar-refractivity contribution in [3.8, 4) is 34.5 Å². The van der Waals surface area contributed by atoms with E-state index < -0.39 is 0 Å². The van der Waals surface area contributed by atoms with E-state index in [9.17, 15) is 5.26 Å². The number of hydrogen-bond acceptors (Lipinski definition) is 5. The van der Waals surface area contributed by atoms with Crippen molar-refractivity contribution in [3.05, 3.63) is 59.8 Å². The van der Waals surface area contributed by atoms with E-state index in [1.54, 1.807) is 7.11 Å². The molecule has 0 radical (unpaired) electrons. The van der Waals surface area contributed by atoms with Gasteiger partial charge in [-0.1, -0.05) is 29.8 Å². The van der Waals surface area contributed by atoms with E-state index >= 15 is 0 Å². The molecule has 0 N–H and O–H groups in total. The van der Waals surface area contributed by atoms with Crippen LogP contribution in [-0.2, 0) is 0 Å². The molecule has 0 saturated carbocycles. The van der Waals surface area contributed by atoms with E-state index in [0.29, 0.717) is 11.5 Å². The molecule has 0 atom stereocenters. The van der Waals surface area contributed by atoms with Gasteiger partial charge < -0.3 is 4.74 Å². The Bertz CT molecular complexity index is 865. The molecule has 2 aromatic carbocycles. The Labute approximate surface area is 134 Å². The topological polar surface area (TPSA) is 71.7 Å². The standard InChI is InChI=1S/C18H14N4O/c1-12-3-5-14(6-4-12)18-20-16(11-19)17(21-22-18)13-7-9-15(23-2)10-8-13/h3-10H,1-2H3. The third-order valence-corrected chi connectivity index (χ3v) is 3.47. The molecular weight excluding hydrogens is 288 g/mol. The lowest BCUT2D eigenvalue weighted by Gasteiger charge is -2.06. The molecule has 1 aromatic heterocycles. The van der Waals surface area contributed by atoms with Crippen molar-refractivity contribution < 1.29 is 4.74 Å². The second kappa shape index (κ2) is 6.24. The quantitative estimate of drug-likeness (QED) is 0.741. The molecule has 0 fully saturated rings. The van der Waals surface area contributed by atoms with Crippen molar-refractivity contribution in [3.63, 3.8) is 0 Å². The van der Waals surface area contributed by atoms with Gasteiger partial charge in [0.1, 0.15) is 17.5 Å². The Morgan fingerprint density at radius 2 is 1.57 bits per heavy atom. The van der Waals surface area contributed by atoms with Gasteiger partial charge in [-0.2, -0.15) is 5.26 Å². The van der Waals surface area contributed by atoms with Crippen molar-refractivity contribution in [2.75, 3.05) is 7.11 Å². The summed E-state index contributed by atoms with van der Waals surface area (Å²) >= 11 is 0. The van der Waals surface area contributed by atoms with Crippen molar-refractivity contribution in [1.29, 1.82) is 5.26 Å². The summed E-state index contributed by atoms with van der Waals surface area (Å²) in [4.78, 5) is 4.34. The molecule has 3 rings (SSSR count). The first kappa shape index (κ1) is 14.7. The van der Waals surface area contributed by atoms with Crippen LogP contribution in [0.15, 0.2) is 48.5 Å². The normalized spacial score (nSPS) is 10.1. The largest absolute Gasteiger partial charge is 0.497 e. The summed E-state index contributed by atoms with van der Waals surface area (Å²) in [5, 5.41) is 17.8. The van der Waals surface area contributed by atoms with E-state index in [1.165, 1.54) is 0 Å². The van der Waals surface area contributed by atoms with Crippen LogP contribution in [0.2, 0.25) is 0 Å². The zero-order valence-electron chi connectivity index (χ0n) is 12.8. The van der Waals surface area contributed by atoms with Crippen LogP contribution in [-0.4, -0.2) is 22.3 Å². The minimum absolute atomic E-state index is 0.251. The summed E-state index contributed by atoms with van der Waals surface area (Å²) in [5.74, 6) is 1.18. The number of nitriles is 1. The van der Waals surface area contributed by atoms with Crippen LogP contribution >= 0.6 is 0 Å². The molecule has 0 aliphatic rings. The molecule has 0 unspecified atom stereocenters. The molecule has 5 nitrogen and oxygen atoms in total. The van der Waals surface area contributed by atoms with Crippen LogP contribution in [0.25, 0.3) is 22.6 Å². The lowest BCUT2D eigenvalue weighted by atomic mass is 10.1.